The normalized spacial score (nSPS) is 15.5. The van der Waals surface area contributed by atoms with Crippen molar-refractivity contribution < 1.29 is 20.4 Å². The van der Waals surface area contributed by atoms with Gasteiger partial charge in [0.15, 0.2) is 0 Å². The topological polar surface area (TPSA) is 0 Å². The van der Waals surface area contributed by atoms with Crippen LogP contribution in [-0.2, 0) is 31.2 Å². The number of hydrogen-bond donors (Lipinski definition) is 0. The monoisotopic (exact) mass is 814 g/mol. The van der Waals surface area contributed by atoms with Crippen molar-refractivity contribution in [2.75, 3.05) is 0 Å². The Bertz CT molecular complexity index is 2310. The Balaban J connectivity index is 0.00000232. The van der Waals surface area contributed by atoms with Crippen LogP contribution >= 0.6 is 24.8 Å². The van der Waals surface area contributed by atoms with E-state index in [1.807, 2.05) is 0 Å². The van der Waals surface area contributed by atoms with Crippen LogP contribution < -0.4 is 5.19 Å². The van der Waals surface area contributed by atoms with Gasteiger partial charge in [0, 0.05) is 0 Å². The van der Waals surface area contributed by atoms with E-state index in [1.54, 1.807) is 27.5 Å². The molecule has 0 saturated carbocycles. The molecule has 0 bridgehead atoms. The first-order valence-corrected chi connectivity index (χ1v) is 26.8. The van der Waals surface area contributed by atoms with Gasteiger partial charge in [-0.2, -0.15) is 0 Å². The predicted molar refractivity (Wildman–Crippen MR) is 229 cm³/mol. The van der Waals surface area contributed by atoms with E-state index in [-0.39, 0.29) is 35.6 Å². The van der Waals surface area contributed by atoms with Crippen LogP contribution in [0.25, 0.3) is 33.5 Å². The van der Waals surface area contributed by atoms with Crippen LogP contribution in [0, 0.1) is 6.92 Å². The maximum Gasteiger partial charge on any atom is -0.147 e. The summed E-state index contributed by atoms with van der Waals surface area (Å²) < 4.78 is 0.904. The fraction of sp³-hybridized carbons (Fsp3) is 0.250. The zero-order chi connectivity index (χ0) is 34.9. The van der Waals surface area contributed by atoms with Crippen molar-refractivity contribution in [2.45, 2.75) is 73.1 Å². The first kappa shape index (κ1) is 38.7. The van der Waals surface area contributed by atoms with E-state index < -0.39 is 25.8 Å². The molecule has 1 unspecified atom stereocenters. The summed E-state index contributed by atoms with van der Waals surface area (Å²) in [5.74, 6) is 0. The molecule has 0 aliphatic heterocycles. The summed E-state index contributed by atoms with van der Waals surface area (Å²) in [5.41, 5.74) is 15.6. The first-order chi connectivity index (χ1) is 23.9. The standard InChI is InChI=1S/C21H25.C20H15.C7H8Si.2ClH.Zr/c1-20(2,3)16-7-9-18-14(12-16)11-15-13-17(21(4,5)6)8-10-19(15)18;1-14-10-11-19(20-9-5-4-8-18(14)20)17-12-15-6-2-3-7-16(15)13-17;1-8-7-5-3-2-4-6-7;;;/h7-13H,1-6H3;2-13H,1H3;2-6H,1H3;2*1H;. The number of fused-ring (bicyclic) bond motifs is 5. The Labute approximate surface area is 331 Å². The third-order valence-corrected chi connectivity index (χ3v) is 31.5. The van der Waals surface area contributed by atoms with Crippen molar-refractivity contribution in [1.82, 2.24) is 0 Å². The molecule has 52 heavy (non-hydrogen) atoms. The molecule has 2 aliphatic rings. The van der Waals surface area contributed by atoms with Gasteiger partial charge in [0.2, 0.25) is 0 Å². The average molecular weight is 817 g/mol. The molecule has 6 aromatic carbocycles. The van der Waals surface area contributed by atoms with Gasteiger partial charge in [-0.05, 0) is 0 Å². The van der Waals surface area contributed by atoms with Crippen LogP contribution in [0.1, 0.15) is 93.3 Å². The van der Waals surface area contributed by atoms with E-state index >= 15 is 0 Å². The number of hydrogen-bond acceptors (Lipinski definition) is 0. The van der Waals surface area contributed by atoms with Crippen molar-refractivity contribution in [1.29, 1.82) is 0 Å². The van der Waals surface area contributed by atoms with Crippen LogP contribution in [-0.4, -0.2) is 5.43 Å². The number of aryl methyl sites for hydroxylation is 1. The van der Waals surface area contributed by atoms with E-state index in [4.69, 9.17) is 0 Å². The molecule has 2 aliphatic carbocycles. The minimum atomic E-state index is -2.71. The molecule has 0 amide bonds. The zero-order valence-electron chi connectivity index (χ0n) is 31.7. The molecule has 264 valence electrons. The Morgan fingerprint density at radius 1 is 0.519 bits per heavy atom. The molecule has 4 heteroatoms. The van der Waals surface area contributed by atoms with Crippen LogP contribution in [0.15, 0.2) is 127 Å². The Morgan fingerprint density at radius 3 is 1.63 bits per heavy atom. The summed E-state index contributed by atoms with van der Waals surface area (Å²) in [5, 5.41) is 4.36. The second-order valence-electron chi connectivity index (χ2n) is 16.6. The maximum atomic E-state index is 2.69. The van der Waals surface area contributed by atoms with Gasteiger partial charge in [-0.25, -0.2) is 0 Å². The minimum absolute atomic E-state index is 0. The summed E-state index contributed by atoms with van der Waals surface area (Å²) in [6.07, 6.45) is 2.59. The van der Waals surface area contributed by atoms with E-state index in [0.717, 1.165) is 0 Å². The largest absolute Gasteiger partial charge is 0.147 e. The van der Waals surface area contributed by atoms with E-state index in [0.29, 0.717) is 7.25 Å². The fourth-order valence-corrected chi connectivity index (χ4v) is 30.7. The fourth-order valence-electron chi connectivity index (χ4n) is 8.58. The molecule has 0 nitrogen and oxygen atoms in total. The molecule has 0 heterocycles. The van der Waals surface area contributed by atoms with Crippen molar-refractivity contribution in [2.24, 2.45) is 0 Å². The number of halogens is 2. The van der Waals surface area contributed by atoms with Gasteiger partial charge in [-0.1, -0.05) is 0 Å². The summed E-state index contributed by atoms with van der Waals surface area (Å²) in [6, 6.07) is 50.0. The van der Waals surface area contributed by atoms with E-state index in [1.165, 1.54) is 49.7 Å². The third-order valence-electron chi connectivity index (χ3n) is 11.4. The van der Waals surface area contributed by atoms with Gasteiger partial charge >= 0.3 is 310 Å². The molecule has 0 saturated heterocycles. The molecule has 0 spiro atoms. The minimum Gasteiger partial charge on any atom is -0.147 e. The molecular weight excluding hydrogens is 767 g/mol. The van der Waals surface area contributed by atoms with Crippen LogP contribution in [0.5, 0.6) is 0 Å². The molecule has 0 aromatic heterocycles. The second kappa shape index (κ2) is 14.7. The van der Waals surface area contributed by atoms with Crippen LogP contribution in [0.3, 0.4) is 0 Å². The molecule has 0 fully saturated rings. The summed E-state index contributed by atoms with van der Waals surface area (Å²) in [4.78, 5) is 0. The SMILES string of the molecule is Cc1ccc(C2=Cc3ccccc3[CH]2/[Zr]([CH]2c3cc(C(C)(C)C)ccc3-c3ccc(C(C)(C)C)cc32)=[Si](\C)c2ccccc2)c2ccccc12.Cl.Cl. The average Bonchev–Trinajstić information content (AvgIpc) is 3.64. The number of rotatable bonds is 4. The molecule has 6 aromatic rings. The Kier molecular flexibility index (Phi) is 10.9. The van der Waals surface area contributed by atoms with Crippen LogP contribution in [0.2, 0.25) is 6.55 Å². The van der Waals surface area contributed by atoms with E-state index in [2.05, 4.69) is 188 Å². The van der Waals surface area contributed by atoms with Gasteiger partial charge < -0.3 is 0 Å². The van der Waals surface area contributed by atoms with Gasteiger partial charge in [0.25, 0.3) is 0 Å². The smallest absolute Gasteiger partial charge is 0.147 e. The number of allylic oxidation sites excluding steroid dienone is 1. The van der Waals surface area contributed by atoms with Crippen molar-refractivity contribution in [3.63, 3.8) is 0 Å². The Hall–Kier alpha value is -3.00. The third kappa shape index (κ3) is 6.68. The van der Waals surface area contributed by atoms with Gasteiger partial charge in [-0.15, -0.1) is 24.8 Å². The molecule has 0 radical (unpaired) electrons. The molecule has 8 rings (SSSR count). The van der Waals surface area contributed by atoms with Gasteiger partial charge in [0.05, 0.1) is 0 Å². The summed E-state index contributed by atoms with van der Waals surface area (Å²) in [6.45, 7) is 19.2. The second-order valence-corrected chi connectivity index (χ2v) is 32.5. The number of benzene rings is 6. The zero-order valence-corrected chi connectivity index (χ0v) is 36.8. The maximum absolute atomic E-state index is 2.71. The summed E-state index contributed by atoms with van der Waals surface area (Å²) >= 11 is -2.71. The van der Waals surface area contributed by atoms with Crippen molar-refractivity contribution in [3.8, 4) is 11.1 Å². The molecule has 1 atom stereocenters. The summed E-state index contributed by atoms with van der Waals surface area (Å²) in [7, 11) is 0. The van der Waals surface area contributed by atoms with E-state index in [9.17, 15) is 0 Å². The first-order valence-electron chi connectivity index (χ1n) is 18.3. The molecule has 0 N–H and O–H groups in total. The quantitative estimate of drug-likeness (QED) is 0.156. The predicted octanol–water partition coefficient (Wildman–Crippen LogP) is 13.1. The van der Waals surface area contributed by atoms with Crippen molar-refractivity contribution in [3.05, 3.63) is 172 Å². The van der Waals surface area contributed by atoms with Gasteiger partial charge in [0.1, 0.15) is 0 Å². The van der Waals surface area contributed by atoms with Gasteiger partial charge in [-0.3, -0.25) is 0 Å². The Morgan fingerprint density at radius 2 is 1.04 bits per heavy atom. The van der Waals surface area contributed by atoms with Crippen LogP contribution in [0.4, 0.5) is 0 Å². The molecular formula is C48H50Cl2SiZr. The van der Waals surface area contributed by atoms with Crippen molar-refractivity contribution >= 4 is 57.9 Å².